The molecule has 0 aliphatic rings. The number of benzene rings is 2. The average Bonchev–Trinajstić information content (AvgIpc) is 2.98. The predicted molar refractivity (Wildman–Crippen MR) is 103 cm³/mol. The summed E-state index contributed by atoms with van der Waals surface area (Å²) in [5.74, 6) is 0.527. The Bertz CT molecular complexity index is 1170. The van der Waals surface area contributed by atoms with E-state index < -0.39 is 5.69 Å². The summed E-state index contributed by atoms with van der Waals surface area (Å²) in [6.07, 6.45) is 1.58. The molecule has 0 unspecified atom stereocenters. The van der Waals surface area contributed by atoms with E-state index in [4.69, 9.17) is 11.6 Å². The topological polar surface area (TPSA) is 81.3 Å². The molecule has 0 aliphatic carbocycles. The highest BCUT2D eigenvalue weighted by Crippen LogP contribution is 2.14. The zero-order valence-corrected chi connectivity index (χ0v) is 14.8. The van der Waals surface area contributed by atoms with Crippen LogP contribution in [0.15, 0.2) is 71.7 Å². The highest BCUT2D eigenvalue weighted by molar-refractivity contribution is 6.30. The zero-order chi connectivity index (χ0) is 18.8. The molecule has 2 aromatic carbocycles. The molecule has 0 aliphatic heterocycles. The molecular weight excluding hydrogens is 366 g/mol. The van der Waals surface area contributed by atoms with Gasteiger partial charge in [-0.3, -0.25) is 4.79 Å². The smallest absolute Gasteiger partial charge is 0.340 e. The molecule has 0 bridgehead atoms. The Balaban J connectivity index is 1.60. The standard InChI is InChI=1S/C19H14ClN5O2/c20-14-8-6-13(7-9-14)16(26)12-25-19(27)24-11-10-17(22-18(24)23-25)21-15-4-2-1-3-5-15/h1-11H,12H2,(H,21,22,23). The summed E-state index contributed by atoms with van der Waals surface area (Å²) in [7, 11) is 0. The largest absolute Gasteiger partial charge is 0.352 e. The van der Waals surface area contributed by atoms with Crippen LogP contribution in [-0.2, 0) is 6.54 Å². The third-order valence-corrected chi connectivity index (χ3v) is 4.21. The fourth-order valence-corrected chi connectivity index (χ4v) is 2.74. The minimum atomic E-state index is -0.425. The number of aromatic nitrogens is 4. The van der Waals surface area contributed by atoms with Gasteiger partial charge >= 0.3 is 5.69 Å². The van der Waals surface area contributed by atoms with Gasteiger partial charge in [0.2, 0.25) is 0 Å². The van der Waals surface area contributed by atoms with Crippen LogP contribution in [0, 0.1) is 0 Å². The van der Waals surface area contributed by atoms with Crippen LogP contribution in [0.5, 0.6) is 0 Å². The highest BCUT2D eigenvalue weighted by Gasteiger charge is 2.13. The summed E-state index contributed by atoms with van der Waals surface area (Å²) in [6.45, 7) is -0.175. The first kappa shape index (κ1) is 17.0. The molecular formula is C19H14ClN5O2. The van der Waals surface area contributed by atoms with Gasteiger partial charge in [0.1, 0.15) is 12.4 Å². The van der Waals surface area contributed by atoms with Crippen LogP contribution >= 0.6 is 11.6 Å². The van der Waals surface area contributed by atoms with Crippen LogP contribution in [0.25, 0.3) is 5.78 Å². The van der Waals surface area contributed by atoms with Crippen molar-refractivity contribution in [2.45, 2.75) is 6.54 Å². The number of rotatable bonds is 5. The number of carbonyl (C=O) groups is 1. The monoisotopic (exact) mass is 379 g/mol. The van der Waals surface area contributed by atoms with Gasteiger partial charge in [0.25, 0.3) is 5.78 Å². The molecule has 0 spiro atoms. The van der Waals surface area contributed by atoms with Crippen molar-refractivity contribution in [3.05, 3.63) is 87.9 Å². The number of halogens is 1. The quantitative estimate of drug-likeness (QED) is 0.539. The van der Waals surface area contributed by atoms with E-state index >= 15 is 0 Å². The Morgan fingerprint density at radius 2 is 1.78 bits per heavy atom. The van der Waals surface area contributed by atoms with E-state index in [-0.39, 0.29) is 18.1 Å². The Morgan fingerprint density at radius 3 is 2.52 bits per heavy atom. The minimum Gasteiger partial charge on any atom is -0.340 e. The lowest BCUT2D eigenvalue weighted by Gasteiger charge is -2.04. The second kappa shape index (κ2) is 7.05. The van der Waals surface area contributed by atoms with Crippen LogP contribution in [-0.4, -0.2) is 24.9 Å². The number of ketones is 1. The van der Waals surface area contributed by atoms with E-state index in [0.29, 0.717) is 16.4 Å². The van der Waals surface area contributed by atoms with E-state index in [1.165, 1.54) is 4.40 Å². The van der Waals surface area contributed by atoms with Crippen LogP contribution in [0.2, 0.25) is 5.02 Å². The van der Waals surface area contributed by atoms with Gasteiger partial charge in [-0.05, 0) is 42.5 Å². The normalized spacial score (nSPS) is 10.9. The Labute approximate surface area is 158 Å². The molecule has 134 valence electrons. The SMILES string of the molecule is O=C(Cn1nc2nc(Nc3ccccc3)ccn2c1=O)c1ccc(Cl)cc1. The Kier molecular flexibility index (Phi) is 4.43. The van der Waals surface area contributed by atoms with Crippen LogP contribution in [0.1, 0.15) is 10.4 Å². The highest BCUT2D eigenvalue weighted by atomic mass is 35.5. The average molecular weight is 380 g/mol. The van der Waals surface area contributed by atoms with Gasteiger partial charge in [0.05, 0.1) is 0 Å². The number of nitrogens with zero attached hydrogens (tertiary/aromatic N) is 4. The third-order valence-electron chi connectivity index (χ3n) is 3.96. The number of fused-ring (bicyclic) bond motifs is 1. The Morgan fingerprint density at radius 1 is 1.04 bits per heavy atom. The van der Waals surface area contributed by atoms with Crippen molar-refractivity contribution in [1.82, 2.24) is 19.2 Å². The summed E-state index contributed by atoms with van der Waals surface area (Å²) in [5, 5.41) is 7.85. The molecule has 4 rings (SSSR count). The molecule has 1 N–H and O–H groups in total. The lowest BCUT2D eigenvalue weighted by Crippen LogP contribution is -2.25. The zero-order valence-electron chi connectivity index (χ0n) is 14.0. The molecule has 8 heteroatoms. The van der Waals surface area contributed by atoms with E-state index in [1.807, 2.05) is 30.3 Å². The fraction of sp³-hybridized carbons (Fsp3) is 0.0526. The number of hydrogen-bond donors (Lipinski definition) is 1. The summed E-state index contributed by atoms with van der Waals surface area (Å²) in [5.41, 5.74) is 0.905. The number of anilines is 2. The maximum Gasteiger partial charge on any atom is 0.352 e. The van der Waals surface area contributed by atoms with Crippen molar-refractivity contribution in [3.63, 3.8) is 0 Å². The minimum absolute atomic E-state index is 0.175. The molecule has 4 aromatic rings. The van der Waals surface area contributed by atoms with Gasteiger partial charge < -0.3 is 5.32 Å². The molecule has 0 fully saturated rings. The summed E-state index contributed by atoms with van der Waals surface area (Å²) >= 11 is 5.83. The van der Waals surface area contributed by atoms with Crippen LogP contribution in [0.4, 0.5) is 11.5 Å². The van der Waals surface area contributed by atoms with Crippen molar-refractivity contribution < 1.29 is 4.79 Å². The first-order chi connectivity index (χ1) is 13.1. The van der Waals surface area contributed by atoms with E-state index in [2.05, 4.69) is 15.4 Å². The number of carbonyl (C=O) groups excluding carboxylic acids is 1. The first-order valence-corrected chi connectivity index (χ1v) is 8.55. The molecule has 0 amide bonds. The second-order valence-corrected chi connectivity index (χ2v) is 6.28. The molecule has 0 saturated carbocycles. The number of para-hydroxylation sites is 1. The summed E-state index contributed by atoms with van der Waals surface area (Å²) in [4.78, 5) is 29.2. The van der Waals surface area contributed by atoms with E-state index in [1.54, 1.807) is 36.5 Å². The predicted octanol–water partition coefficient (Wildman–Crippen LogP) is 3.17. The van der Waals surface area contributed by atoms with Crippen molar-refractivity contribution in [2.24, 2.45) is 0 Å². The molecule has 0 atom stereocenters. The van der Waals surface area contributed by atoms with Crippen molar-refractivity contribution in [3.8, 4) is 0 Å². The Hall–Kier alpha value is -3.45. The maximum atomic E-state index is 12.4. The molecule has 2 heterocycles. The third kappa shape index (κ3) is 3.58. The maximum absolute atomic E-state index is 12.4. The van der Waals surface area contributed by atoms with Crippen molar-refractivity contribution >= 4 is 34.7 Å². The first-order valence-electron chi connectivity index (χ1n) is 8.17. The van der Waals surface area contributed by atoms with Gasteiger partial charge in [0, 0.05) is 22.5 Å². The van der Waals surface area contributed by atoms with Crippen LogP contribution in [0.3, 0.4) is 0 Å². The lowest BCUT2D eigenvalue weighted by atomic mass is 10.1. The van der Waals surface area contributed by atoms with E-state index in [9.17, 15) is 9.59 Å². The second-order valence-electron chi connectivity index (χ2n) is 5.84. The van der Waals surface area contributed by atoms with Gasteiger partial charge in [0.15, 0.2) is 5.78 Å². The van der Waals surface area contributed by atoms with Crippen LogP contribution < -0.4 is 11.0 Å². The summed E-state index contributed by atoms with van der Waals surface area (Å²) in [6, 6.07) is 17.7. The van der Waals surface area contributed by atoms with Gasteiger partial charge in [-0.15, -0.1) is 5.10 Å². The van der Waals surface area contributed by atoms with E-state index in [0.717, 1.165) is 10.4 Å². The fourth-order valence-electron chi connectivity index (χ4n) is 2.61. The number of hydrogen-bond acceptors (Lipinski definition) is 5. The molecule has 27 heavy (non-hydrogen) atoms. The van der Waals surface area contributed by atoms with Gasteiger partial charge in [-0.1, -0.05) is 29.8 Å². The van der Waals surface area contributed by atoms with Gasteiger partial charge in [-0.2, -0.15) is 4.98 Å². The molecule has 2 aromatic heterocycles. The molecule has 0 saturated heterocycles. The number of Topliss-reactive ketones (excluding diaryl/α,β-unsaturated/α-hetero) is 1. The van der Waals surface area contributed by atoms with Gasteiger partial charge in [-0.25, -0.2) is 13.9 Å². The lowest BCUT2D eigenvalue weighted by molar-refractivity contribution is 0.0966. The number of nitrogens with one attached hydrogen (secondary N) is 1. The summed E-state index contributed by atoms with van der Waals surface area (Å²) < 4.78 is 2.40. The van der Waals surface area contributed by atoms with Crippen molar-refractivity contribution in [2.75, 3.05) is 5.32 Å². The van der Waals surface area contributed by atoms with Crippen molar-refractivity contribution in [1.29, 1.82) is 0 Å². The molecule has 0 radical (unpaired) electrons. The molecule has 7 nitrogen and oxygen atoms in total.